The number of hydrogen-bond donors (Lipinski definition) is 3. The van der Waals surface area contributed by atoms with Crippen LogP contribution in [0.4, 0.5) is 0 Å². The van der Waals surface area contributed by atoms with E-state index in [0.717, 1.165) is 11.1 Å². The van der Waals surface area contributed by atoms with E-state index in [0.29, 0.717) is 18.6 Å². The van der Waals surface area contributed by atoms with Crippen molar-refractivity contribution in [1.29, 1.82) is 0 Å². The van der Waals surface area contributed by atoms with Gasteiger partial charge in [-0.25, -0.2) is 5.48 Å². The largest absolute Gasteiger partial charge is 0.356 e. The normalized spacial score (nSPS) is 12.8. The molecule has 0 saturated heterocycles. The maximum Gasteiger partial charge on any atom is 0.251 e. The van der Waals surface area contributed by atoms with Crippen LogP contribution >= 0.6 is 0 Å². The van der Waals surface area contributed by atoms with Gasteiger partial charge in [-0.15, -0.1) is 0 Å². The summed E-state index contributed by atoms with van der Waals surface area (Å²) in [5, 5.41) is 12.1. The summed E-state index contributed by atoms with van der Waals surface area (Å²) >= 11 is 0. The summed E-state index contributed by atoms with van der Waals surface area (Å²) in [5.74, 6) is -1.37. The van der Waals surface area contributed by atoms with Gasteiger partial charge in [0.2, 0.25) is 5.91 Å². The zero-order valence-electron chi connectivity index (χ0n) is 17.3. The molecule has 0 aliphatic carbocycles. The number of nitrogens with one attached hydrogen (secondary N) is 2. The molecular formula is C22H29N3O5. The topological polar surface area (TPSA) is 110 Å². The molecule has 2 amide bonds. The predicted octanol–water partition coefficient (Wildman–Crippen LogP) is 2.25. The highest BCUT2D eigenvalue weighted by Gasteiger charge is 2.25. The Labute approximate surface area is 176 Å². The van der Waals surface area contributed by atoms with Crippen molar-refractivity contribution in [2.75, 3.05) is 20.0 Å². The minimum atomic E-state index is -0.585. The van der Waals surface area contributed by atoms with Gasteiger partial charge in [0.05, 0.1) is 12.6 Å². The molecule has 30 heavy (non-hydrogen) atoms. The number of aryl methyl sites for hydroxylation is 1. The zero-order chi connectivity index (χ0) is 21.8. The van der Waals surface area contributed by atoms with Crippen molar-refractivity contribution in [3.8, 4) is 0 Å². The molecule has 0 radical (unpaired) electrons. The van der Waals surface area contributed by atoms with Crippen molar-refractivity contribution < 1.29 is 24.3 Å². The molecule has 162 valence electrons. The molecule has 8 nitrogen and oxygen atoms in total. The Bertz CT molecular complexity index is 800. The van der Waals surface area contributed by atoms with Gasteiger partial charge in [-0.05, 0) is 50.5 Å². The summed E-state index contributed by atoms with van der Waals surface area (Å²) < 4.78 is 10.7. The van der Waals surface area contributed by atoms with Crippen molar-refractivity contribution in [3.63, 3.8) is 0 Å². The molecule has 0 fully saturated rings. The molecule has 0 saturated carbocycles. The Morgan fingerprint density at radius 3 is 2.70 bits per heavy atom. The van der Waals surface area contributed by atoms with E-state index in [2.05, 4.69) is 10.3 Å². The van der Waals surface area contributed by atoms with E-state index in [1.165, 1.54) is 0 Å². The molecule has 2 atom stereocenters. The van der Waals surface area contributed by atoms with Crippen LogP contribution in [0.3, 0.4) is 0 Å². The first-order valence-electron chi connectivity index (χ1n) is 9.89. The highest BCUT2D eigenvalue weighted by Crippen LogP contribution is 2.16. The van der Waals surface area contributed by atoms with Gasteiger partial charge in [0, 0.05) is 30.5 Å². The maximum atomic E-state index is 12.7. The first kappa shape index (κ1) is 23.5. The van der Waals surface area contributed by atoms with Crippen LogP contribution in [0, 0.1) is 12.8 Å². The molecule has 1 aromatic heterocycles. The number of amides is 2. The van der Waals surface area contributed by atoms with E-state index in [1.807, 2.05) is 32.0 Å². The molecule has 2 aromatic rings. The summed E-state index contributed by atoms with van der Waals surface area (Å²) in [6, 6.07) is 10.4. The van der Waals surface area contributed by atoms with E-state index < -0.39 is 17.9 Å². The van der Waals surface area contributed by atoms with E-state index in [-0.39, 0.29) is 25.7 Å². The summed E-state index contributed by atoms with van der Waals surface area (Å²) in [7, 11) is 0. The molecule has 0 spiro atoms. The van der Waals surface area contributed by atoms with E-state index in [1.54, 1.807) is 36.1 Å². The Kier molecular flexibility index (Phi) is 9.93. The van der Waals surface area contributed by atoms with Crippen molar-refractivity contribution in [1.82, 2.24) is 15.8 Å². The number of benzene rings is 1. The molecular weight excluding hydrogens is 386 g/mol. The van der Waals surface area contributed by atoms with Crippen molar-refractivity contribution in [2.45, 2.75) is 32.7 Å². The van der Waals surface area contributed by atoms with Crippen molar-refractivity contribution in [3.05, 3.63) is 65.5 Å². The fourth-order valence-electron chi connectivity index (χ4n) is 3.08. The average molecular weight is 415 g/mol. The van der Waals surface area contributed by atoms with Crippen LogP contribution < -0.4 is 10.8 Å². The number of rotatable bonds is 12. The van der Waals surface area contributed by atoms with Gasteiger partial charge >= 0.3 is 0 Å². The Hall–Kier alpha value is -2.81. The van der Waals surface area contributed by atoms with Crippen LogP contribution in [0.2, 0.25) is 0 Å². The van der Waals surface area contributed by atoms with Crippen LogP contribution in [-0.4, -0.2) is 48.1 Å². The summed E-state index contributed by atoms with van der Waals surface area (Å²) in [4.78, 5) is 29.0. The predicted molar refractivity (Wildman–Crippen MR) is 111 cm³/mol. The monoisotopic (exact) mass is 415 g/mol. The first-order chi connectivity index (χ1) is 14.5. The Morgan fingerprint density at radius 1 is 1.20 bits per heavy atom. The van der Waals surface area contributed by atoms with Gasteiger partial charge in [0.15, 0.2) is 0 Å². The lowest BCUT2D eigenvalue weighted by molar-refractivity contribution is -0.134. The van der Waals surface area contributed by atoms with Gasteiger partial charge in [0.25, 0.3) is 5.91 Å². The lowest BCUT2D eigenvalue weighted by atomic mass is 9.92. The molecule has 2 rings (SSSR count). The lowest BCUT2D eigenvalue weighted by Crippen LogP contribution is -2.42. The van der Waals surface area contributed by atoms with E-state index in [4.69, 9.17) is 9.47 Å². The smallest absolute Gasteiger partial charge is 0.251 e. The number of aromatic nitrogens is 1. The molecule has 0 aliphatic rings. The van der Waals surface area contributed by atoms with E-state index >= 15 is 0 Å². The highest BCUT2D eigenvalue weighted by molar-refractivity contribution is 5.94. The molecule has 1 heterocycles. The lowest BCUT2D eigenvalue weighted by Gasteiger charge is -2.23. The second kappa shape index (κ2) is 12.7. The molecule has 3 N–H and O–H groups in total. The van der Waals surface area contributed by atoms with Crippen LogP contribution in [0.25, 0.3) is 0 Å². The number of carbonyl (C=O) groups excluding carboxylic acids is 2. The number of ether oxygens (including phenoxy) is 2. The molecule has 1 aromatic carbocycles. The summed E-state index contributed by atoms with van der Waals surface area (Å²) in [5.41, 5.74) is 4.07. The van der Waals surface area contributed by atoms with Crippen LogP contribution in [0.15, 0.2) is 48.8 Å². The highest BCUT2D eigenvalue weighted by atomic mass is 16.7. The van der Waals surface area contributed by atoms with Crippen LogP contribution in [0.1, 0.15) is 34.8 Å². The third-order valence-corrected chi connectivity index (χ3v) is 4.56. The van der Waals surface area contributed by atoms with Crippen molar-refractivity contribution in [2.24, 2.45) is 5.92 Å². The molecule has 0 aliphatic heterocycles. The first-order valence-corrected chi connectivity index (χ1v) is 9.89. The number of hydroxylamine groups is 1. The molecule has 8 heteroatoms. The quantitative estimate of drug-likeness (QED) is 0.212. The Balaban J connectivity index is 2.11. The summed E-state index contributed by atoms with van der Waals surface area (Å²) in [6.45, 7) is 4.54. The average Bonchev–Trinajstić information content (AvgIpc) is 2.76. The van der Waals surface area contributed by atoms with E-state index in [9.17, 15) is 14.8 Å². The number of nitrogens with zero attached hydrogens (tertiary/aromatic N) is 1. The van der Waals surface area contributed by atoms with Gasteiger partial charge in [-0.3, -0.25) is 19.8 Å². The molecule has 0 bridgehead atoms. The number of pyridine rings is 1. The SMILES string of the molecule is CCOCOCC(CC(Cc1cccnc1)C(=O)NO)NC(=O)c1cccc(C)c1. The number of carbonyl (C=O) groups is 2. The van der Waals surface area contributed by atoms with Crippen LogP contribution in [0.5, 0.6) is 0 Å². The fraction of sp³-hybridized carbons (Fsp3) is 0.409. The molecule has 2 unspecified atom stereocenters. The third-order valence-electron chi connectivity index (χ3n) is 4.56. The van der Waals surface area contributed by atoms with Crippen molar-refractivity contribution >= 4 is 11.8 Å². The minimum Gasteiger partial charge on any atom is -0.356 e. The second-order valence-corrected chi connectivity index (χ2v) is 7.00. The Morgan fingerprint density at radius 2 is 2.03 bits per heavy atom. The standard InChI is InChI=1S/C22H29N3O5/c1-3-29-15-30-14-20(24-21(26)18-8-4-6-16(2)10-18)12-19(22(27)25-28)11-17-7-5-9-23-13-17/h4-10,13,19-20,28H,3,11-12,14-15H2,1-2H3,(H,24,26)(H,25,27). The summed E-state index contributed by atoms with van der Waals surface area (Å²) in [6.07, 6.45) is 3.95. The van der Waals surface area contributed by atoms with Gasteiger partial charge in [-0.2, -0.15) is 0 Å². The fourth-order valence-corrected chi connectivity index (χ4v) is 3.08. The minimum absolute atomic E-state index is 0.0901. The second-order valence-electron chi connectivity index (χ2n) is 7.00. The number of hydrogen-bond acceptors (Lipinski definition) is 6. The maximum absolute atomic E-state index is 12.7. The van der Waals surface area contributed by atoms with Gasteiger partial charge < -0.3 is 14.8 Å². The van der Waals surface area contributed by atoms with Gasteiger partial charge in [-0.1, -0.05) is 23.8 Å². The van der Waals surface area contributed by atoms with Crippen LogP contribution in [-0.2, 0) is 20.7 Å². The zero-order valence-corrected chi connectivity index (χ0v) is 17.3. The third kappa shape index (κ3) is 7.90. The van der Waals surface area contributed by atoms with Gasteiger partial charge in [0.1, 0.15) is 6.79 Å².